The molecule has 0 amide bonds. The highest BCUT2D eigenvalue weighted by atomic mass is 32.2. The van der Waals surface area contributed by atoms with E-state index in [-0.39, 0.29) is 5.78 Å². The number of likely N-dealkylation sites (tertiary alicyclic amines) is 1. The van der Waals surface area contributed by atoms with Crippen molar-refractivity contribution in [2.45, 2.75) is 50.4 Å². The molecule has 5 nitrogen and oxygen atoms in total. The molecule has 2 N–H and O–H groups in total. The molecule has 0 aliphatic carbocycles. The van der Waals surface area contributed by atoms with Crippen LogP contribution < -0.4 is 5.32 Å². The van der Waals surface area contributed by atoms with Crippen LogP contribution in [-0.4, -0.2) is 50.7 Å². The Labute approximate surface area is 164 Å². The lowest BCUT2D eigenvalue weighted by molar-refractivity contribution is -0.156. The van der Waals surface area contributed by atoms with Crippen LogP contribution in [0.3, 0.4) is 0 Å². The number of thiocarbonyl (C=S) groups is 1. The molecule has 2 atom stereocenters. The van der Waals surface area contributed by atoms with E-state index in [1.165, 1.54) is 11.8 Å². The van der Waals surface area contributed by atoms with E-state index in [0.29, 0.717) is 29.6 Å². The smallest absolute Gasteiger partial charge is 0.332 e. The summed E-state index contributed by atoms with van der Waals surface area (Å²) in [5, 5.41) is 12.9. The number of carboxylic acid groups (broad SMARTS) is 1. The van der Waals surface area contributed by atoms with Crippen LogP contribution >= 0.6 is 24.0 Å². The summed E-state index contributed by atoms with van der Waals surface area (Å²) in [4.78, 5) is 26.9. The van der Waals surface area contributed by atoms with E-state index in [4.69, 9.17) is 12.2 Å². The maximum atomic E-state index is 13.0. The van der Waals surface area contributed by atoms with Crippen LogP contribution in [0.4, 0.5) is 0 Å². The number of hydrogen-bond acceptors (Lipinski definition) is 5. The van der Waals surface area contributed by atoms with Crippen LogP contribution in [0.25, 0.3) is 0 Å². The number of carbonyl (C=O) groups excluding carboxylic acids is 1. The van der Waals surface area contributed by atoms with Gasteiger partial charge in [-0.05, 0) is 44.8 Å². The second-order valence-electron chi connectivity index (χ2n) is 6.55. The van der Waals surface area contributed by atoms with Crippen molar-refractivity contribution in [3.63, 3.8) is 0 Å². The molecule has 2 rings (SSSR count). The van der Waals surface area contributed by atoms with E-state index in [0.717, 1.165) is 18.4 Å². The number of nitrogens with one attached hydrogen (secondary N) is 1. The number of Topliss-reactive ketones (excluding diaryl/α,β-unsaturated/α-hetero) is 1. The van der Waals surface area contributed by atoms with E-state index < -0.39 is 17.6 Å². The Bertz CT molecular complexity index is 653. The number of carboxylic acids is 1. The molecule has 1 aliphatic rings. The van der Waals surface area contributed by atoms with Gasteiger partial charge >= 0.3 is 5.97 Å². The molecule has 0 radical (unpaired) electrons. The van der Waals surface area contributed by atoms with Crippen molar-refractivity contribution in [2.75, 3.05) is 13.1 Å². The lowest BCUT2D eigenvalue weighted by Gasteiger charge is -2.35. The minimum absolute atomic E-state index is 0.307. The summed E-state index contributed by atoms with van der Waals surface area (Å²) < 4.78 is 0.510. The Morgan fingerprint density at radius 2 is 2.08 bits per heavy atom. The second-order valence-corrected chi connectivity index (χ2v) is 8.20. The predicted octanol–water partition coefficient (Wildman–Crippen LogP) is 3.08. The van der Waals surface area contributed by atoms with Crippen molar-refractivity contribution in [1.29, 1.82) is 0 Å². The molecular formula is C19H26N2O3S2. The first kappa shape index (κ1) is 20.9. The summed E-state index contributed by atoms with van der Waals surface area (Å²) in [5.41, 5.74) is -0.283. The first-order valence-corrected chi connectivity index (χ1v) is 10.3. The Kier molecular flexibility index (Phi) is 7.61. The number of nitrogens with zero attached hydrogens (tertiary/aromatic N) is 1. The summed E-state index contributed by atoms with van der Waals surface area (Å²) in [7, 11) is 0. The third kappa shape index (κ3) is 4.64. The van der Waals surface area contributed by atoms with Crippen LogP contribution in [-0.2, 0) is 15.3 Å². The van der Waals surface area contributed by atoms with Crippen LogP contribution in [0.15, 0.2) is 30.3 Å². The highest BCUT2D eigenvalue weighted by Crippen LogP contribution is 2.32. The highest BCUT2D eigenvalue weighted by molar-refractivity contribution is 8.22. The van der Waals surface area contributed by atoms with Crippen molar-refractivity contribution in [3.8, 4) is 0 Å². The van der Waals surface area contributed by atoms with Gasteiger partial charge in [0.2, 0.25) is 0 Å². The largest absolute Gasteiger partial charge is 0.480 e. The van der Waals surface area contributed by atoms with E-state index in [1.54, 1.807) is 6.92 Å². The minimum Gasteiger partial charge on any atom is -0.480 e. The van der Waals surface area contributed by atoms with Crippen LogP contribution in [0.2, 0.25) is 0 Å². The zero-order valence-electron chi connectivity index (χ0n) is 15.2. The zero-order valence-corrected chi connectivity index (χ0v) is 16.9. The van der Waals surface area contributed by atoms with Gasteiger partial charge in [-0.15, -0.1) is 0 Å². The van der Waals surface area contributed by atoms with Crippen LogP contribution in [0.5, 0.6) is 0 Å². The fourth-order valence-corrected chi connectivity index (χ4v) is 4.54. The third-order valence-corrected chi connectivity index (χ3v) is 6.03. The number of carbonyl (C=O) groups is 2. The molecule has 26 heavy (non-hydrogen) atoms. The number of hydrogen-bond donors (Lipinski definition) is 2. The topological polar surface area (TPSA) is 69.6 Å². The molecular weight excluding hydrogens is 368 g/mol. The molecule has 0 saturated carbocycles. The van der Waals surface area contributed by atoms with Gasteiger partial charge in [0.15, 0.2) is 11.3 Å². The second kappa shape index (κ2) is 9.48. The number of thioether (sulfide) groups is 1. The van der Waals surface area contributed by atoms with Gasteiger partial charge < -0.3 is 10.4 Å². The summed E-state index contributed by atoms with van der Waals surface area (Å²) >= 11 is 6.79. The van der Waals surface area contributed by atoms with Gasteiger partial charge in [-0.3, -0.25) is 9.69 Å². The zero-order chi connectivity index (χ0) is 19.2. The van der Waals surface area contributed by atoms with E-state index in [1.807, 2.05) is 42.2 Å². The van der Waals surface area contributed by atoms with Gasteiger partial charge in [0.25, 0.3) is 0 Å². The lowest BCUT2D eigenvalue weighted by Crippen LogP contribution is -2.61. The lowest BCUT2D eigenvalue weighted by atomic mass is 9.87. The Hall–Kier alpha value is -1.44. The van der Waals surface area contributed by atoms with Crippen molar-refractivity contribution >= 4 is 40.1 Å². The standard InChI is InChI=1S/C19H26N2O3S2/c1-3-11-21-12-7-10-19(21,17(23)24)16(22)14(2)20-18(25)26-13-15-8-5-4-6-9-15/h4-6,8-9,14H,3,7,10-13H2,1-2H3,(H,20,25)(H,23,24)/t14-,19+/m0/s1. The molecule has 1 saturated heterocycles. The molecule has 142 valence electrons. The quantitative estimate of drug-likeness (QED) is 0.519. The fraction of sp³-hybridized carbons (Fsp3) is 0.526. The van der Waals surface area contributed by atoms with Crippen LogP contribution in [0.1, 0.15) is 38.7 Å². The molecule has 1 aromatic rings. The van der Waals surface area contributed by atoms with E-state index >= 15 is 0 Å². The van der Waals surface area contributed by atoms with Crippen molar-refractivity contribution in [2.24, 2.45) is 0 Å². The molecule has 0 bridgehead atoms. The monoisotopic (exact) mass is 394 g/mol. The summed E-state index contributed by atoms with van der Waals surface area (Å²) in [6.07, 6.45) is 1.89. The molecule has 0 spiro atoms. The van der Waals surface area contributed by atoms with Gasteiger partial charge in [0.1, 0.15) is 4.32 Å². The molecule has 1 fully saturated rings. The van der Waals surface area contributed by atoms with Crippen molar-refractivity contribution in [1.82, 2.24) is 10.2 Å². The first-order chi connectivity index (χ1) is 12.4. The number of rotatable bonds is 8. The SMILES string of the molecule is CCCN1CCC[C@]1(C(=O)O)C(=O)[C@H](C)NC(=S)SCc1ccccc1. The summed E-state index contributed by atoms with van der Waals surface area (Å²) in [5.74, 6) is -0.650. The molecule has 0 unspecified atom stereocenters. The van der Waals surface area contributed by atoms with Gasteiger partial charge in [-0.2, -0.15) is 0 Å². The molecule has 0 aromatic heterocycles. The average molecular weight is 395 g/mol. The number of benzene rings is 1. The van der Waals surface area contributed by atoms with Crippen molar-refractivity contribution in [3.05, 3.63) is 35.9 Å². The molecule has 7 heteroatoms. The molecule has 1 aromatic carbocycles. The number of aliphatic carboxylic acids is 1. The Morgan fingerprint density at radius 3 is 2.69 bits per heavy atom. The van der Waals surface area contributed by atoms with Gasteiger partial charge in [0.05, 0.1) is 6.04 Å². The number of ketones is 1. The maximum Gasteiger partial charge on any atom is 0.332 e. The van der Waals surface area contributed by atoms with Crippen LogP contribution in [0, 0.1) is 0 Å². The van der Waals surface area contributed by atoms with E-state index in [9.17, 15) is 14.7 Å². The highest BCUT2D eigenvalue weighted by Gasteiger charge is 2.54. The normalized spacial score (nSPS) is 21.3. The summed E-state index contributed by atoms with van der Waals surface area (Å²) in [6.45, 7) is 4.95. The first-order valence-electron chi connectivity index (χ1n) is 8.91. The average Bonchev–Trinajstić information content (AvgIpc) is 3.05. The third-order valence-electron chi connectivity index (χ3n) is 4.70. The predicted molar refractivity (Wildman–Crippen MR) is 109 cm³/mol. The maximum absolute atomic E-state index is 13.0. The minimum atomic E-state index is -1.43. The Balaban J connectivity index is 2.00. The fourth-order valence-electron chi connectivity index (χ4n) is 3.44. The molecule has 1 aliphatic heterocycles. The Morgan fingerprint density at radius 1 is 1.38 bits per heavy atom. The van der Waals surface area contributed by atoms with Gasteiger partial charge in [-0.25, -0.2) is 4.79 Å². The van der Waals surface area contributed by atoms with Gasteiger partial charge in [-0.1, -0.05) is 61.2 Å². The van der Waals surface area contributed by atoms with E-state index in [2.05, 4.69) is 5.32 Å². The molecule has 1 heterocycles. The van der Waals surface area contributed by atoms with Gasteiger partial charge in [0, 0.05) is 5.75 Å². The van der Waals surface area contributed by atoms with Crippen molar-refractivity contribution < 1.29 is 14.7 Å². The summed E-state index contributed by atoms with van der Waals surface area (Å²) in [6, 6.07) is 9.30.